The zero-order chi connectivity index (χ0) is 25.5. The molecule has 0 bridgehead atoms. The molecule has 188 valence electrons. The fraction of sp³-hybridized carbons (Fsp3) is 0.367. The first-order valence-corrected chi connectivity index (χ1v) is 12.7. The number of amides is 2. The zero-order valence-electron chi connectivity index (χ0n) is 21.5. The largest absolute Gasteiger partial charge is 0.371 e. The first-order valence-electron chi connectivity index (χ1n) is 12.7. The van der Waals surface area contributed by atoms with Crippen molar-refractivity contribution < 1.29 is 9.59 Å². The van der Waals surface area contributed by atoms with E-state index < -0.39 is 5.41 Å². The SMILES string of the molecule is CC(C)(C)C(=O)Nc1ccc(N2CCC(Cc3ccccc3)CC2)c(C(=O)NCc2cccnc2)c1. The third-order valence-corrected chi connectivity index (χ3v) is 6.68. The molecule has 1 aromatic heterocycles. The van der Waals surface area contributed by atoms with Gasteiger partial charge in [-0.3, -0.25) is 14.6 Å². The smallest absolute Gasteiger partial charge is 0.253 e. The van der Waals surface area contributed by atoms with E-state index in [1.807, 2.05) is 45.0 Å². The van der Waals surface area contributed by atoms with Crippen molar-refractivity contribution in [2.24, 2.45) is 11.3 Å². The van der Waals surface area contributed by atoms with Gasteiger partial charge in [-0.25, -0.2) is 0 Å². The molecule has 6 nitrogen and oxygen atoms in total. The van der Waals surface area contributed by atoms with E-state index in [0.29, 0.717) is 23.7 Å². The summed E-state index contributed by atoms with van der Waals surface area (Å²) >= 11 is 0. The molecule has 36 heavy (non-hydrogen) atoms. The summed E-state index contributed by atoms with van der Waals surface area (Å²) in [4.78, 5) is 32.3. The number of hydrogen-bond acceptors (Lipinski definition) is 4. The topological polar surface area (TPSA) is 74.3 Å². The van der Waals surface area contributed by atoms with Crippen LogP contribution in [0.5, 0.6) is 0 Å². The molecule has 1 aliphatic rings. The summed E-state index contributed by atoms with van der Waals surface area (Å²) in [5.74, 6) is 0.391. The first-order chi connectivity index (χ1) is 17.3. The van der Waals surface area contributed by atoms with Crippen molar-refractivity contribution in [3.63, 3.8) is 0 Å². The van der Waals surface area contributed by atoms with Crippen LogP contribution in [0.3, 0.4) is 0 Å². The average Bonchev–Trinajstić information content (AvgIpc) is 2.88. The second kappa shape index (κ2) is 11.4. The van der Waals surface area contributed by atoms with Crippen LogP contribution in [0.4, 0.5) is 11.4 Å². The number of piperidine rings is 1. The van der Waals surface area contributed by atoms with Gasteiger partial charge in [0.2, 0.25) is 5.91 Å². The molecule has 1 aliphatic heterocycles. The Balaban J connectivity index is 1.50. The Morgan fingerprint density at radius 1 is 0.972 bits per heavy atom. The van der Waals surface area contributed by atoms with E-state index in [0.717, 1.165) is 43.6 Å². The number of nitrogens with zero attached hydrogens (tertiary/aromatic N) is 2. The molecular weight excluding hydrogens is 448 g/mol. The van der Waals surface area contributed by atoms with Gasteiger partial charge in [-0.1, -0.05) is 57.2 Å². The maximum atomic E-state index is 13.4. The predicted octanol–water partition coefficient (Wildman–Crippen LogP) is 5.46. The lowest BCUT2D eigenvalue weighted by molar-refractivity contribution is -0.123. The van der Waals surface area contributed by atoms with E-state index in [9.17, 15) is 9.59 Å². The number of benzene rings is 2. The molecule has 0 unspecified atom stereocenters. The Morgan fingerprint density at radius 3 is 2.36 bits per heavy atom. The highest BCUT2D eigenvalue weighted by molar-refractivity contribution is 6.02. The van der Waals surface area contributed by atoms with E-state index in [1.165, 1.54) is 5.56 Å². The van der Waals surface area contributed by atoms with E-state index in [4.69, 9.17) is 0 Å². The third kappa shape index (κ3) is 6.72. The molecule has 0 atom stereocenters. The van der Waals surface area contributed by atoms with Crippen molar-refractivity contribution >= 4 is 23.2 Å². The average molecular weight is 485 g/mol. The van der Waals surface area contributed by atoms with Gasteiger partial charge < -0.3 is 15.5 Å². The normalized spacial score (nSPS) is 14.4. The Labute approximate surface area is 214 Å². The molecule has 2 amide bonds. The molecule has 2 N–H and O–H groups in total. The summed E-state index contributed by atoms with van der Waals surface area (Å²) < 4.78 is 0. The molecule has 0 spiro atoms. The second-order valence-corrected chi connectivity index (χ2v) is 10.6. The number of carbonyl (C=O) groups excluding carboxylic acids is 2. The standard InChI is InChI=1S/C30H36N4O2/c1-30(2,3)29(36)33-25-11-12-27(26(19-25)28(35)32-21-24-10-7-15-31-20-24)34-16-13-23(14-17-34)18-22-8-5-4-6-9-22/h4-12,15,19-20,23H,13-14,16-18,21H2,1-3H3,(H,32,35)(H,33,36). The van der Waals surface area contributed by atoms with Crippen molar-refractivity contribution in [3.05, 3.63) is 89.7 Å². The zero-order valence-corrected chi connectivity index (χ0v) is 21.5. The van der Waals surface area contributed by atoms with Gasteiger partial charge in [0.1, 0.15) is 0 Å². The summed E-state index contributed by atoms with van der Waals surface area (Å²) in [6.07, 6.45) is 6.71. The van der Waals surface area contributed by atoms with Gasteiger partial charge in [-0.15, -0.1) is 0 Å². The summed E-state index contributed by atoms with van der Waals surface area (Å²) in [5.41, 5.74) is 3.90. The van der Waals surface area contributed by atoms with Crippen molar-refractivity contribution in [2.45, 2.75) is 46.6 Å². The minimum Gasteiger partial charge on any atom is -0.371 e. The Hall–Kier alpha value is -3.67. The number of pyridine rings is 1. The Morgan fingerprint density at radius 2 is 1.69 bits per heavy atom. The van der Waals surface area contributed by atoms with E-state index in [1.54, 1.807) is 18.5 Å². The van der Waals surface area contributed by atoms with Crippen LogP contribution in [0.25, 0.3) is 0 Å². The molecule has 1 saturated heterocycles. The fourth-order valence-electron chi connectivity index (χ4n) is 4.50. The number of rotatable bonds is 7. The molecule has 0 saturated carbocycles. The Kier molecular flexibility index (Phi) is 8.04. The molecule has 1 fully saturated rings. The number of nitrogens with one attached hydrogen (secondary N) is 2. The summed E-state index contributed by atoms with van der Waals surface area (Å²) in [6.45, 7) is 7.81. The first kappa shape index (κ1) is 25.4. The quantitative estimate of drug-likeness (QED) is 0.467. The number of carbonyl (C=O) groups is 2. The van der Waals surface area contributed by atoms with E-state index in [-0.39, 0.29) is 11.8 Å². The van der Waals surface area contributed by atoms with Crippen LogP contribution in [0.15, 0.2) is 73.1 Å². The van der Waals surface area contributed by atoms with E-state index >= 15 is 0 Å². The summed E-state index contributed by atoms with van der Waals surface area (Å²) in [7, 11) is 0. The number of anilines is 2. The van der Waals surface area contributed by atoms with Crippen molar-refractivity contribution in [1.29, 1.82) is 0 Å². The molecule has 4 rings (SSSR count). The van der Waals surface area contributed by atoms with Crippen molar-refractivity contribution in [3.8, 4) is 0 Å². The molecule has 0 radical (unpaired) electrons. The summed E-state index contributed by atoms with van der Waals surface area (Å²) in [5, 5.41) is 6.00. The van der Waals surface area contributed by atoms with E-state index in [2.05, 4.69) is 50.8 Å². The van der Waals surface area contributed by atoms with Gasteiger partial charge in [0, 0.05) is 48.8 Å². The lowest BCUT2D eigenvalue weighted by Crippen LogP contribution is -2.36. The maximum Gasteiger partial charge on any atom is 0.253 e. The van der Waals surface area contributed by atoms with Crippen LogP contribution in [0, 0.1) is 11.3 Å². The minimum atomic E-state index is -0.526. The van der Waals surface area contributed by atoms with Crippen molar-refractivity contribution in [2.75, 3.05) is 23.3 Å². The van der Waals surface area contributed by atoms with Gasteiger partial charge in [-0.05, 0) is 60.6 Å². The van der Waals surface area contributed by atoms with Gasteiger partial charge in [0.05, 0.1) is 5.56 Å². The molecule has 6 heteroatoms. The van der Waals surface area contributed by atoms with Crippen LogP contribution in [-0.2, 0) is 17.8 Å². The maximum absolute atomic E-state index is 13.4. The highest BCUT2D eigenvalue weighted by atomic mass is 16.2. The van der Waals surface area contributed by atoms with Gasteiger partial charge in [0.25, 0.3) is 5.91 Å². The lowest BCUT2D eigenvalue weighted by atomic mass is 9.89. The van der Waals surface area contributed by atoms with Crippen LogP contribution in [-0.4, -0.2) is 29.9 Å². The van der Waals surface area contributed by atoms with Crippen molar-refractivity contribution in [1.82, 2.24) is 10.3 Å². The highest BCUT2D eigenvalue weighted by Crippen LogP contribution is 2.30. The second-order valence-electron chi connectivity index (χ2n) is 10.6. The number of aromatic nitrogens is 1. The monoisotopic (exact) mass is 484 g/mol. The van der Waals surface area contributed by atoms with Gasteiger partial charge in [0.15, 0.2) is 0 Å². The predicted molar refractivity (Wildman–Crippen MR) is 145 cm³/mol. The van der Waals surface area contributed by atoms with Gasteiger partial charge >= 0.3 is 0 Å². The number of hydrogen-bond donors (Lipinski definition) is 2. The highest BCUT2D eigenvalue weighted by Gasteiger charge is 2.25. The van der Waals surface area contributed by atoms with Crippen LogP contribution in [0.2, 0.25) is 0 Å². The van der Waals surface area contributed by atoms with Gasteiger partial charge in [-0.2, -0.15) is 0 Å². The Bertz CT molecular complexity index is 1160. The van der Waals surface area contributed by atoms with Crippen LogP contribution in [0.1, 0.15) is 55.1 Å². The molecule has 0 aliphatic carbocycles. The summed E-state index contributed by atoms with van der Waals surface area (Å²) in [6, 6.07) is 20.1. The third-order valence-electron chi connectivity index (χ3n) is 6.68. The minimum absolute atomic E-state index is 0.0845. The van der Waals surface area contributed by atoms with Crippen LogP contribution < -0.4 is 15.5 Å². The molecule has 3 aromatic rings. The molecule has 2 heterocycles. The molecule has 2 aromatic carbocycles. The fourth-order valence-corrected chi connectivity index (χ4v) is 4.50. The van der Waals surface area contributed by atoms with Crippen LogP contribution >= 0.6 is 0 Å². The lowest BCUT2D eigenvalue weighted by Gasteiger charge is -2.35. The molecular formula is C30H36N4O2.